The van der Waals surface area contributed by atoms with Crippen LogP contribution in [0.4, 0.5) is 5.82 Å². The minimum Gasteiger partial charge on any atom is -0.348 e. The summed E-state index contributed by atoms with van der Waals surface area (Å²) in [6.45, 7) is 8.11. The Morgan fingerprint density at radius 1 is 1.05 bits per heavy atom. The number of aryl methyl sites for hydroxylation is 1. The number of piperazine rings is 1. The zero-order chi connectivity index (χ0) is 14.6. The monoisotopic (exact) mass is 285 g/mol. The van der Waals surface area contributed by atoms with Crippen molar-refractivity contribution in [3.8, 4) is 0 Å². The van der Waals surface area contributed by atoms with Crippen molar-refractivity contribution in [3.63, 3.8) is 0 Å². The van der Waals surface area contributed by atoms with Gasteiger partial charge in [0.25, 0.3) is 0 Å². The summed E-state index contributed by atoms with van der Waals surface area (Å²) in [5, 5.41) is 0. The van der Waals surface area contributed by atoms with Gasteiger partial charge >= 0.3 is 0 Å². The summed E-state index contributed by atoms with van der Waals surface area (Å²) in [6, 6.07) is 7.37. The number of nitrogens with zero attached hydrogens (tertiary/aromatic N) is 3. The maximum Gasteiger partial charge on any atom is 0.129 e. The van der Waals surface area contributed by atoms with E-state index in [1.807, 2.05) is 6.20 Å². The Balaban J connectivity index is 1.64. The van der Waals surface area contributed by atoms with Crippen molar-refractivity contribution in [2.75, 3.05) is 11.4 Å². The molecule has 1 aromatic heterocycles. The third kappa shape index (κ3) is 2.09. The normalized spacial score (nSPS) is 35.0. The predicted molar refractivity (Wildman–Crippen MR) is 86.6 cm³/mol. The Hall–Kier alpha value is -1.09. The van der Waals surface area contributed by atoms with Crippen molar-refractivity contribution in [1.29, 1.82) is 0 Å². The highest BCUT2D eigenvalue weighted by atomic mass is 15.4. The number of rotatable bonds is 3. The molecule has 0 radical (unpaired) electrons. The Morgan fingerprint density at radius 2 is 1.67 bits per heavy atom. The van der Waals surface area contributed by atoms with Crippen LogP contribution in [0.25, 0.3) is 0 Å². The molecule has 3 heteroatoms. The number of pyridine rings is 1. The minimum absolute atomic E-state index is 0.697. The molecule has 3 aliphatic rings. The molecule has 0 saturated carbocycles. The second-order valence-electron chi connectivity index (χ2n) is 7.62. The summed E-state index contributed by atoms with van der Waals surface area (Å²) in [6.07, 6.45) is 7.52. The zero-order valence-corrected chi connectivity index (χ0v) is 13.5. The average molecular weight is 285 g/mol. The van der Waals surface area contributed by atoms with E-state index >= 15 is 0 Å². The van der Waals surface area contributed by atoms with Gasteiger partial charge in [0.15, 0.2) is 0 Å². The Morgan fingerprint density at radius 3 is 2.19 bits per heavy atom. The summed E-state index contributed by atoms with van der Waals surface area (Å²) >= 11 is 0. The first-order valence-corrected chi connectivity index (χ1v) is 8.62. The van der Waals surface area contributed by atoms with Gasteiger partial charge in [-0.15, -0.1) is 0 Å². The molecule has 0 aromatic carbocycles. The van der Waals surface area contributed by atoms with E-state index in [1.54, 1.807) is 0 Å². The van der Waals surface area contributed by atoms with Crippen LogP contribution in [0.15, 0.2) is 18.3 Å². The van der Waals surface area contributed by atoms with Crippen LogP contribution in [-0.4, -0.2) is 40.6 Å². The van der Waals surface area contributed by atoms with Crippen LogP contribution in [0.1, 0.15) is 45.1 Å². The van der Waals surface area contributed by atoms with Gasteiger partial charge in [0.05, 0.1) is 0 Å². The van der Waals surface area contributed by atoms with Crippen LogP contribution < -0.4 is 4.90 Å². The fourth-order valence-corrected chi connectivity index (χ4v) is 5.01. The van der Waals surface area contributed by atoms with Gasteiger partial charge in [0, 0.05) is 36.9 Å². The number of fused-ring (bicyclic) bond motifs is 6. The topological polar surface area (TPSA) is 19.4 Å². The maximum atomic E-state index is 4.73. The first kappa shape index (κ1) is 13.6. The molecule has 4 unspecified atom stereocenters. The molecule has 21 heavy (non-hydrogen) atoms. The second-order valence-corrected chi connectivity index (χ2v) is 7.62. The standard InChI is InChI=1S/C18H27N3/c1-12(2)11-20-14-5-6-15(20)17-8-7-16(14)21(17)18-9-4-13(3)10-19-18/h4,9-10,12,14-17H,5-8,11H2,1-3H3. The van der Waals surface area contributed by atoms with Gasteiger partial charge in [-0.2, -0.15) is 0 Å². The number of hydrogen-bond acceptors (Lipinski definition) is 3. The van der Waals surface area contributed by atoms with E-state index in [-0.39, 0.29) is 0 Å². The first-order chi connectivity index (χ1) is 10.1. The van der Waals surface area contributed by atoms with Gasteiger partial charge in [0.1, 0.15) is 5.82 Å². The van der Waals surface area contributed by atoms with Crippen LogP contribution in [-0.2, 0) is 0 Å². The highest BCUT2D eigenvalue weighted by Crippen LogP contribution is 2.47. The van der Waals surface area contributed by atoms with Crippen LogP contribution >= 0.6 is 0 Å². The summed E-state index contributed by atoms with van der Waals surface area (Å²) in [5.74, 6) is 1.99. The van der Waals surface area contributed by atoms with Gasteiger partial charge in [-0.05, 0) is 50.2 Å². The van der Waals surface area contributed by atoms with Crippen molar-refractivity contribution in [3.05, 3.63) is 23.9 Å². The maximum absolute atomic E-state index is 4.73. The molecular formula is C18H27N3. The van der Waals surface area contributed by atoms with Crippen LogP contribution in [0, 0.1) is 12.8 Å². The Bertz CT molecular complexity index is 490. The third-order valence-corrected chi connectivity index (χ3v) is 5.71. The molecule has 114 valence electrons. The molecule has 1 aromatic rings. The van der Waals surface area contributed by atoms with Gasteiger partial charge in [-0.3, -0.25) is 4.90 Å². The Kier molecular flexibility index (Phi) is 3.21. The molecule has 4 rings (SSSR count). The molecule has 0 spiro atoms. The van der Waals surface area contributed by atoms with E-state index in [2.05, 4.69) is 42.7 Å². The molecule has 4 bridgehead atoms. The molecule has 3 aliphatic heterocycles. The third-order valence-electron chi connectivity index (χ3n) is 5.71. The van der Waals surface area contributed by atoms with Crippen molar-refractivity contribution in [1.82, 2.24) is 9.88 Å². The van der Waals surface area contributed by atoms with E-state index < -0.39 is 0 Å². The highest BCUT2D eigenvalue weighted by Gasteiger charge is 2.55. The zero-order valence-electron chi connectivity index (χ0n) is 13.5. The molecule has 3 nitrogen and oxygen atoms in total. The first-order valence-electron chi connectivity index (χ1n) is 8.62. The average Bonchev–Trinajstić information content (AvgIpc) is 2.93. The molecule has 0 amide bonds. The number of anilines is 1. The fourth-order valence-electron chi connectivity index (χ4n) is 5.01. The minimum atomic E-state index is 0.697. The van der Waals surface area contributed by atoms with Gasteiger partial charge in [-0.25, -0.2) is 4.98 Å². The van der Waals surface area contributed by atoms with Crippen molar-refractivity contribution < 1.29 is 0 Å². The lowest BCUT2D eigenvalue weighted by atomic mass is 10.0. The summed E-state index contributed by atoms with van der Waals surface area (Å²) < 4.78 is 0. The Labute approximate surface area is 128 Å². The van der Waals surface area contributed by atoms with Crippen LogP contribution in [0.5, 0.6) is 0 Å². The number of aromatic nitrogens is 1. The van der Waals surface area contributed by atoms with Gasteiger partial charge < -0.3 is 4.90 Å². The van der Waals surface area contributed by atoms with Crippen molar-refractivity contribution in [2.24, 2.45) is 5.92 Å². The van der Waals surface area contributed by atoms with Crippen LogP contribution in [0.3, 0.4) is 0 Å². The molecule has 3 fully saturated rings. The van der Waals surface area contributed by atoms with Gasteiger partial charge in [0.2, 0.25) is 0 Å². The summed E-state index contributed by atoms with van der Waals surface area (Å²) in [4.78, 5) is 10.3. The lowest BCUT2D eigenvalue weighted by molar-refractivity contribution is 0.117. The van der Waals surface area contributed by atoms with E-state index in [0.29, 0.717) is 12.1 Å². The number of hydrogen-bond donors (Lipinski definition) is 0. The summed E-state index contributed by atoms with van der Waals surface area (Å²) in [5.41, 5.74) is 1.26. The molecular weight excluding hydrogens is 258 g/mol. The van der Waals surface area contributed by atoms with E-state index in [1.165, 1.54) is 43.6 Å². The lowest BCUT2D eigenvalue weighted by Gasteiger charge is -2.48. The molecule has 3 saturated heterocycles. The molecule has 0 aliphatic carbocycles. The lowest BCUT2D eigenvalue weighted by Crippen LogP contribution is -2.61. The molecule has 4 atom stereocenters. The van der Waals surface area contributed by atoms with Gasteiger partial charge in [-0.1, -0.05) is 19.9 Å². The van der Waals surface area contributed by atoms with Crippen molar-refractivity contribution in [2.45, 2.75) is 70.6 Å². The van der Waals surface area contributed by atoms with Crippen molar-refractivity contribution >= 4 is 5.82 Å². The second kappa shape index (κ2) is 4.98. The fraction of sp³-hybridized carbons (Fsp3) is 0.722. The highest BCUT2D eigenvalue weighted by molar-refractivity contribution is 5.47. The summed E-state index contributed by atoms with van der Waals surface area (Å²) in [7, 11) is 0. The van der Waals surface area contributed by atoms with Crippen LogP contribution in [0.2, 0.25) is 0 Å². The van der Waals surface area contributed by atoms with E-state index in [4.69, 9.17) is 4.98 Å². The largest absolute Gasteiger partial charge is 0.348 e. The van der Waals surface area contributed by atoms with E-state index in [9.17, 15) is 0 Å². The molecule has 0 N–H and O–H groups in total. The predicted octanol–water partition coefficient (Wildman–Crippen LogP) is 3.23. The quantitative estimate of drug-likeness (QED) is 0.850. The SMILES string of the molecule is Cc1ccc(N2C3CCC2C2CCC3N2CC(C)C)nc1. The smallest absolute Gasteiger partial charge is 0.129 e. The van der Waals surface area contributed by atoms with E-state index in [0.717, 1.165) is 18.0 Å². The molecule has 4 heterocycles.